The van der Waals surface area contributed by atoms with E-state index in [1.807, 2.05) is 22.8 Å². The van der Waals surface area contributed by atoms with Crippen molar-refractivity contribution in [1.82, 2.24) is 4.90 Å². The quantitative estimate of drug-likeness (QED) is 0.504. The van der Waals surface area contributed by atoms with E-state index in [1.54, 1.807) is 0 Å². The molecule has 0 spiro atoms. The Bertz CT molecular complexity index is 704. The molecule has 1 aliphatic heterocycles. The summed E-state index contributed by atoms with van der Waals surface area (Å²) in [6, 6.07) is 7.23. The number of allylic oxidation sites excluding steroid dienone is 1. The molecule has 4 nitrogen and oxygen atoms in total. The molecule has 0 aromatic heterocycles. The lowest BCUT2D eigenvalue weighted by Gasteiger charge is -2.26. The topological polar surface area (TPSA) is 56.3 Å². The standard InChI is InChI=1S/C17H19F3N4S/c1-12(15(11-21)16(22)25)23-7-2-8-24(10-9-23)14-5-3-13(4-6-14)17(18,19)20/h3-6H,2,7-10H2,1H3,(H2,22,25)/b15-12-. The van der Waals surface area contributed by atoms with E-state index < -0.39 is 11.7 Å². The monoisotopic (exact) mass is 368 g/mol. The summed E-state index contributed by atoms with van der Waals surface area (Å²) in [5, 5.41) is 9.19. The summed E-state index contributed by atoms with van der Waals surface area (Å²) in [6.45, 7) is 4.55. The minimum Gasteiger partial charge on any atom is -0.389 e. The summed E-state index contributed by atoms with van der Waals surface area (Å²) in [7, 11) is 0. The molecule has 8 heteroatoms. The fourth-order valence-electron chi connectivity index (χ4n) is 2.84. The Labute approximate surface area is 150 Å². The molecule has 1 fully saturated rings. The van der Waals surface area contributed by atoms with Crippen LogP contribution < -0.4 is 10.6 Å². The normalized spacial score (nSPS) is 16.8. The third-order valence-corrected chi connectivity index (χ3v) is 4.45. The maximum atomic E-state index is 12.7. The molecule has 0 saturated carbocycles. The number of nitrogens with two attached hydrogens (primary N) is 1. The first kappa shape index (κ1) is 19.1. The van der Waals surface area contributed by atoms with E-state index in [-0.39, 0.29) is 4.99 Å². The van der Waals surface area contributed by atoms with Gasteiger partial charge in [0, 0.05) is 37.6 Å². The van der Waals surface area contributed by atoms with Crippen LogP contribution in [0.5, 0.6) is 0 Å². The molecule has 0 radical (unpaired) electrons. The molecular formula is C17H19F3N4S. The zero-order valence-electron chi connectivity index (χ0n) is 13.8. The lowest BCUT2D eigenvalue weighted by Crippen LogP contribution is -2.31. The Morgan fingerprint density at radius 2 is 1.80 bits per heavy atom. The summed E-state index contributed by atoms with van der Waals surface area (Å²) >= 11 is 4.91. The molecule has 25 heavy (non-hydrogen) atoms. The van der Waals surface area contributed by atoms with Crippen molar-refractivity contribution in [1.29, 1.82) is 5.26 Å². The van der Waals surface area contributed by atoms with Crippen LogP contribution in [0.2, 0.25) is 0 Å². The maximum Gasteiger partial charge on any atom is 0.416 e. The van der Waals surface area contributed by atoms with Gasteiger partial charge in [-0.15, -0.1) is 0 Å². The van der Waals surface area contributed by atoms with Crippen molar-refractivity contribution in [2.75, 3.05) is 31.1 Å². The van der Waals surface area contributed by atoms with Gasteiger partial charge in [0.25, 0.3) is 0 Å². The van der Waals surface area contributed by atoms with Crippen molar-refractivity contribution in [2.24, 2.45) is 5.73 Å². The van der Waals surface area contributed by atoms with E-state index in [2.05, 4.69) is 0 Å². The molecule has 2 rings (SSSR count). The highest BCUT2D eigenvalue weighted by Gasteiger charge is 2.30. The van der Waals surface area contributed by atoms with Gasteiger partial charge in [0.15, 0.2) is 0 Å². The Hall–Kier alpha value is -2.27. The number of hydrogen-bond donors (Lipinski definition) is 1. The van der Waals surface area contributed by atoms with Crippen LogP contribution in [-0.2, 0) is 6.18 Å². The lowest BCUT2D eigenvalue weighted by molar-refractivity contribution is -0.137. The van der Waals surface area contributed by atoms with Crippen LogP contribution >= 0.6 is 12.2 Å². The molecule has 2 N–H and O–H groups in total. The number of benzene rings is 1. The Balaban J connectivity index is 2.12. The third kappa shape index (κ3) is 4.63. The molecule has 1 heterocycles. The molecule has 134 valence electrons. The van der Waals surface area contributed by atoms with E-state index in [1.165, 1.54) is 12.1 Å². The van der Waals surface area contributed by atoms with Crippen LogP contribution in [0.4, 0.5) is 18.9 Å². The molecular weight excluding hydrogens is 349 g/mol. The van der Waals surface area contributed by atoms with Crippen molar-refractivity contribution in [2.45, 2.75) is 19.5 Å². The molecule has 1 aliphatic rings. The first-order chi connectivity index (χ1) is 11.7. The highest BCUT2D eigenvalue weighted by Crippen LogP contribution is 2.30. The molecule has 0 unspecified atom stereocenters. The molecule has 1 aromatic carbocycles. The first-order valence-electron chi connectivity index (χ1n) is 7.82. The van der Waals surface area contributed by atoms with Crippen molar-refractivity contribution in [3.63, 3.8) is 0 Å². The predicted molar refractivity (Wildman–Crippen MR) is 94.9 cm³/mol. The van der Waals surface area contributed by atoms with Crippen molar-refractivity contribution in [3.05, 3.63) is 41.1 Å². The predicted octanol–water partition coefficient (Wildman–Crippen LogP) is 3.30. The fraction of sp³-hybridized carbons (Fsp3) is 0.412. The van der Waals surface area contributed by atoms with Gasteiger partial charge < -0.3 is 15.5 Å². The molecule has 0 bridgehead atoms. The van der Waals surface area contributed by atoms with E-state index in [9.17, 15) is 18.4 Å². The Kier molecular flexibility index (Phi) is 5.90. The molecule has 0 atom stereocenters. The van der Waals surface area contributed by atoms with Crippen molar-refractivity contribution >= 4 is 22.9 Å². The fourth-order valence-corrected chi connectivity index (χ4v) is 3.04. The number of hydrogen-bond acceptors (Lipinski definition) is 4. The van der Waals surface area contributed by atoms with Gasteiger partial charge in [0.1, 0.15) is 16.6 Å². The number of anilines is 1. The van der Waals surface area contributed by atoms with E-state index in [0.717, 1.165) is 43.0 Å². The second-order valence-corrected chi connectivity index (χ2v) is 6.25. The van der Waals surface area contributed by atoms with E-state index >= 15 is 0 Å². The number of alkyl halides is 3. The van der Waals surface area contributed by atoms with Gasteiger partial charge >= 0.3 is 6.18 Å². The van der Waals surface area contributed by atoms with E-state index in [0.29, 0.717) is 18.7 Å². The van der Waals surface area contributed by atoms with Crippen molar-refractivity contribution < 1.29 is 13.2 Å². The maximum absolute atomic E-state index is 12.7. The zero-order valence-corrected chi connectivity index (χ0v) is 14.6. The Morgan fingerprint density at radius 3 is 2.32 bits per heavy atom. The SMILES string of the molecule is C/C(=C(\C#N)C(N)=S)N1CCCN(c2ccc(C(F)(F)F)cc2)CC1. The smallest absolute Gasteiger partial charge is 0.389 e. The highest BCUT2D eigenvalue weighted by molar-refractivity contribution is 7.80. The molecule has 1 aromatic rings. The summed E-state index contributed by atoms with van der Waals surface area (Å²) in [6.07, 6.45) is -3.52. The minimum atomic E-state index is -4.33. The van der Waals surface area contributed by atoms with Crippen LogP contribution in [-0.4, -0.2) is 36.1 Å². The van der Waals surface area contributed by atoms with Gasteiger partial charge in [-0.1, -0.05) is 12.2 Å². The largest absolute Gasteiger partial charge is 0.416 e. The number of halogens is 3. The second kappa shape index (κ2) is 7.74. The second-order valence-electron chi connectivity index (χ2n) is 5.81. The number of thiocarbonyl (C=S) groups is 1. The Morgan fingerprint density at radius 1 is 1.16 bits per heavy atom. The summed E-state index contributed by atoms with van der Waals surface area (Å²) in [5.41, 5.74) is 6.73. The van der Waals surface area contributed by atoms with Gasteiger partial charge in [-0.2, -0.15) is 18.4 Å². The van der Waals surface area contributed by atoms with Crippen molar-refractivity contribution in [3.8, 4) is 6.07 Å². The molecule has 1 saturated heterocycles. The van der Waals surface area contributed by atoms with Crippen LogP contribution in [0.25, 0.3) is 0 Å². The number of rotatable bonds is 3. The summed E-state index contributed by atoms with van der Waals surface area (Å²) in [5.74, 6) is 0. The average molecular weight is 368 g/mol. The number of nitriles is 1. The molecule has 0 amide bonds. The highest BCUT2D eigenvalue weighted by atomic mass is 32.1. The van der Waals surface area contributed by atoms with Crippen LogP contribution in [0, 0.1) is 11.3 Å². The third-order valence-electron chi connectivity index (χ3n) is 4.25. The van der Waals surface area contributed by atoms with Gasteiger partial charge in [-0.05, 0) is 37.6 Å². The van der Waals surface area contributed by atoms with Gasteiger partial charge in [0.2, 0.25) is 0 Å². The number of nitrogens with zero attached hydrogens (tertiary/aromatic N) is 3. The van der Waals surface area contributed by atoms with Crippen LogP contribution in [0.15, 0.2) is 35.5 Å². The zero-order chi connectivity index (χ0) is 18.6. The van der Waals surface area contributed by atoms with Gasteiger partial charge in [-0.3, -0.25) is 0 Å². The minimum absolute atomic E-state index is 0.0730. The van der Waals surface area contributed by atoms with E-state index in [4.69, 9.17) is 18.0 Å². The van der Waals surface area contributed by atoms with Gasteiger partial charge in [-0.25, -0.2) is 0 Å². The average Bonchev–Trinajstić information content (AvgIpc) is 2.80. The first-order valence-corrected chi connectivity index (χ1v) is 8.23. The van der Waals surface area contributed by atoms with Crippen LogP contribution in [0.3, 0.4) is 0 Å². The summed E-state index contributed by atoms with van der Waals surface area (Å²) < 4.78 is 38.0. The summed E-state index contributed by atoms with van der Waals surface area (Å²) in [4.78, 5) is 4.16. The van der Waals surface area contributed by atoms with Gasteiger partial charge in [0.05, 0.1) is 5.56 Å². The lowest BCUT2D eigenvalue weighted by atomic mass is 10.2. The van der Waals surface area contributed by atoms with Crippen LogP contribution in [0.1, 0.15) is 18.9 Å². The molecule has 0 aliphatic carbocycles.